The van der Waals surface area contributed by atoms with Crippen molar-refractivity contribution in [1.29, 1.82) is 0 Å². The monoisotopic (exact) mass is 274 g/mol. The Morgan fingerprint density at radius 2 is 1.44 bits per heavy atom. The summed E-state index contributed by atoms with van der Waals surface area (Å²) < 4.78 is 63.3. The van der Waals surface area contributed by atoms with E-state index in [4.69, 9.17) is 0 Å². The molecule has 1 aromatic heterocycles. The first-order valence-corrected chi connectivity index (χ1v) is 6.10. The van der Waals surface area contributed by atoms with Gasteiger partial charge in [-0.25, -0.2) is 12.8 Å². The Morgan fingerprint density at radius 3 is 2.06 bits per heavy atom. The lowest BCUT2D eigenvalue weighted by atomic mass is 10.4. The summed E-state index contributed by atoms with van der Waals surface area (Å²) in [5, 5.41) is 5.14. The summed E-state index contributed by atoms with van der Waals surface area (Å²) in [6.07, 6.45) is 0. The first kappa shape index (κ1) is 12.5. The number of hydrogen-bond acceptors (Lipinski definition) is 4. The minimum absolute atomic E-state index is 0.366. The molecule has 0 radical (unpaired) electrons. The van der Waals surface area contributed by atoms with Gasteiger partial charge in [-0.05, 0) is 12.1 Å². The van der Waals surface area contributed by atoms with E-state index in [1.807, 2.05) is 0 Å². The fraction of sp³-hybridized carbons (Fsp3) is 0. The molecule has 2 rings (SSSR count). The van der Waals surface area contributed by atoms with Gasteiger partial charge in [-0.1, -0.05) is 18.2 Å². The van der Waals surface area contributed by atoms with Crippen LogP contribution >= 0.6 is 0 Å². The van der Waals surface area contributed by atoms with Gasteiger partial charge in [0.25, 0.3) is 11.9 Å². The summed E-state index contributed by atoms with van der Waals surface area (Å²) in [5.74, 6) is -5.34. The summed E-state index contributed by atoms with van der Waals surface area (Å²) in [4.78, 5) is -1.81. The van der Waals surface area contributed by atoms with Crippen LogP contribution in [0, 0.1) is 17.7 Å². The minimum atomic E-state index is -4.52. The molecule has 0 saturated carbocycles. The highest BCUT2D eigenvalue weighted by Crippen LogP contribution is 2.25. The Hall–Kier alpha value is -1.96. The zero-order valence-electron chi connectivity index (χ0n) is 8.64. The van der Waals surface area contributed by atoms with E-state index in [1.54, 1.807) is 0 Å². The van der Waals surface area contributed by atoms with Gasteiger partial charge in [-0.3, -0.25) is 0 Å². The van der Waals surface area contributed by atoms with Crippen LogP contribution in [0.2, 0.25) is 0 Å². The van der Waals surface area contributed by atoms with Crippen LogP contribution in [0.1, 0.15) is 0 Å². The summed E-state index contributed by atoms with van der Waals surface area (Å²) in [5.41, 5.74) is 0. The van der Waals surface area contributed by atoms with Crippen LogP contribution in [0.4, 0.5) is 13.2 Å². The molecule has 2 aromatic rings. The Labute approximate surface area is 100 Å². The number of benzene rings is 1. The number of nitrogens with zero attached hydrogens (tertiary/aromatic N) is 2. The molecule has 0 aliphatic heterocycles. The lowest BCUT2D eigenvalue weighted by Gasteiger charge is -2.05. The molecule has 0 aliphatic rings. The average Bonchev–Trinajstić information content (AvgIpc) is 2.35. The molecule has 0 fully saturated rings. The molecule has 0 N–H and O–H groups in total. The predicted molar refractivity (Wildman–Crippen MR) is 53.8 cm³/mol. The third-order valence-corrected chi connectivity index (χ3v) is 3.89. The Bertz CT molecular complexity index is 690. The molecule has 1 heterocycles. The van der Waals surface area contributed by atoms with E-state index in [-0.39, 0.29) is 4.90 Å². The largest absolute Gasteiger partial charge is 0.270 e. The number of sulfone groups is 1. The fourth-order valence-corrected chi connectivity index (χ4v) is 2.64. The topological polar surface area (TPSA) is 59.9 Å². The smallest absolute Gasteiger partial charge is 0.218 e. The molecule has 0 spiro atoms. The minimum Gasteiger partial charge on any atom is -0.218 e. The quantitative estimate of drug-likeness (QED) is 0.836. The third kappa shape index (κ3) is 1.94. The maximum Gasteiger partial charge on any atom is 0.270 e. The SMILES string of the molecule is O=S(=O)(c1ccccc1)c1c(F)nnc(F)c1F. The van der Waals surface area contributed by atoms with Gasteiger partial charge in [-0.2, -0.15) is 8.78 Å². The predicted octanol–water partition coefficient (Wildman–Crippen LogP) is 1.73. The van der Waals surface area contributed by atoms with E-state index >= 15 is 0 Å². The Morgan fingerprint density at radius 1 is 0.889 bits per heavy atom. The van der Waals surface area contributed by atoms with Crippen molar-refractivity contribution in [2.45, 2.75) is 9.79 Å². The molecule has 8 heteroatoms. The number of hydrogen-bond donors (Lipinski definition) is 0. The van der Waals surface area contributed by atoms with E-state index < -0.39 is 32.4 Å². The average molecular weight is 274 g/mol. The van der Waals surface area contributed by atoms with Crippen molar-refractivity contribution in [3.8, 4) is 0 Å². The van der Waals surface area contributed by atoms with Gasteiger partial charge >= 0.3 is 0 Å². The van der Waals surface area contributed by atoms with Crippen LogP contribution in [0.3, 0.4) is 0 Å². The lowest BCUT2D eigenvalue weighted by Crippen LogP contribution is -2.12. The number of halogens is 3. The van der Waals surface area contributed by atoms with Crippen LogP contribution in [-0.4, -0.2) is 18.6 Å². The maximum atomic E-state index is 13.3. The summed E-state index contributed by atoms with van der Waals surface area (Å²) in [6, 6.07) is 6.53. The third-order valence-electron chi connectivity index (χ3n) is 2.12. The standard InChI is InChI=1S/C10H5F3N2O2S/c11-7-8(10(13)15-14-9(7)12)18(16,17)6-4-2-1-3-5-6/h1-5H. The Kier molecular flexibility index (Phi) is 3.04. The van der Waals surface area contributed by atoms with Gasteiger partial charge in [0.2, 0.25) is 15.7 Å². The van der Waals surface area contributed by atoms with E-state index in [2.05, 4.69) is 10.2 Å². The molecule has 0 aliphatic carbocycles. The van der Waals surface area contributed by atoms with Crippen molar-refractivity contribution in [3.05, 3.63) is 48.0 Å². The summed E-state index contributed by atoms with van der Waals surface area (Å²) >= 11 is 0. The van der Waals surface area contributed by atoms with E-state index in [0.717, 1.165) is 12.1 Å². The molecule has 0 saturated heterocycles. The highest BCUT2D eigenvalue weighted by Gasteiger charge is 2.30. The lowest BCUT2D eigenvalue weighted by molar-refractivity contribution is 0.401. The van der Waals surface area contributed by atoms with Crippen LogP contribution in [0.5, 0.6) is 0 Å². The van der Waals surface area contributed by atoms with Gasteiger partial charge < -0.3 is 0 Å². The van der Waals surface area contributed by atoms with Crippen molar-refractivity contribution in [2.24, 2.45) is 0 Å². The van der Waals surface area contributed by atoms with Crippen LogP contribution < -0.4 is 0 Å². The molecule has 0 unspecified atom stereocenters. The molecule has 0 atom stereocenters. The number of rotatable bonds is 2. The van der Waals surface area contributed by atoms with Crippen molar-refractivity contribution < 1.29 is 21.6 Å². The zero-order valence-corrected chi connectivity index (χ0v) is 9.46. The van der Waals surface area contributed by atoms with Gasteiger partial charge in [0.1, 0.15) is 0 Å². The van der Waals surface area contributed by atoms with E-state index in [0.29, 0.717) is 0 Å². The molecular formula is C10H5F3N2O2S. The summed E-state index contributed by atoms with van der Waals surface area (Å²) in [6.45, 7) is 0. The summed E-state index contributed by atoms with van der Waals surface area (Å²) in [7, 11) is -4.52. The van der Waals surface area contributed by atoms with Crippen LogP contribution in [0.25, 0.3) is 0 Å². The molecule has 0 bridgehead atoms. The first-order valence-electron chi connectivity index (χ1n) is 4.62. The molecule has 18 heavy (non-hydrogen) atoms. The normalized spacial score (nSPS) is 11.5. The maximum absolute atomic E-state index is 13.3. The highest BCUT2D eigenvalue weighted by molar-refractivity contribution is 7.91. The second-order valence-corrected chi connectivity index (χ2v) is 5.13. The highest BCUT2D eigenvalue weighted by atomic mass is 32.2. The first-order chi connectivity index (χ1) is 8.44. The van der Waals surface area contributed by atoms with Crippen LogP contribution in [0.15, 0.2) is 40.1 Å². The van der Waals surface area contributed by atoms with E-state index in [1.165, 1.54) is 18.2 Å². The second-order valence-electron chi connectivity index (χ2n) is 3.24. The van der Waals surface area contributed by atoms with Crippen molar-refractivity contribution in [3.63, 3.8) is 0 Å². The molecule has 0 amide bonds. The van der Waals surface area contributed by atoms with Gasteiger partial charge in [0, 0.05) is 0 Å². The number of aromatic nitrogens is 2. The zero-order chi connectivity index (χ0) is 13.3. The van der Waals surface area contributed by atoms with Gasteiger partial charge in [0.05, 0.1) is 4.90 Å². The van der Waals surface area contributed by atoms with Crippen molar-refractivity contribution in [2.75, 3.05) is 0 Å². The second kappa shape index (κ2) is 4.37. The molecular weight excluding hydrogens is 269 g/mol. The molecule has 4 nitrogen and oxygen atoms in total. The fourth-order valence-electron chi connectivity index (χ4n) is 1.31. The molecule has 1 aromatic carbocycles. The van der Waals surface area contributed by atoms with Gasteiger partial charge in [-0.15, -0.1) is 10.2 Å². The van der Waals surface area contributed by atoms with Crippen LogP contribution in [-0.2, 0) is 9.84 Å². The van der Waals surface area contributed by atoms with Gasteiger partial charge in [0.15, 0.2) is 4.90 Å². The van der Waals surface area contributed by atoms with E-state index in [9.17, 15) is 21.6 Å². The van der Waals surface area contributed by atoms with Crippen molar-refractivity contribution in [1.82, 2.24) is 10.2 Å². The molecule has 94 valence electrons. The van der Waals surface area contributed by atoms with Crippen molar-refractivity contribution >= 4 is 9.84 Å². The Balaban J connectivity index is 2.74.